The van der Waals surface area contributed by atoms with Crippen LogP contribution in [0.25, 0.3) is 0 Å². The first-order valence-electron chi connectivity index (χ1n) is 4.17. The van der Waals surface area contributed by atoms with Crippen molar-refractivity contribution in [1.82, 2.24) is 0 Å². The summed E-state index contributed by atoms with van der Waals surface area (Å²) in [5.41, 5.74) is -0.992. The average Bonchev–Trinajstić information content (AvgIpc) is 2.14. The number of hydrogen-bond acceptors (Lipinski definition) is 3. The molecular formula is C9H9F3O2S2. The van der Waals surface area contributed by atoms with E-state index in [1.54, 1.807) is 0 Å². The SMILES string of the molecule is CS(=O)(=O)c1ccc(CS)c(C(F)(F)F)c1. The van der Waals surface area contributed by atoms with Crippen molar-refractivity contribution in [2.45, 2.75) is 16.8 Å². The van der Waals surface area contributed by atoms with Gasteiger partial charge in [-0.1, -0.05) is 6.07 Å². The van der Waals surface area contributed by atoms with Gasteiger partial charge >= 0.3 is 6.18 Å². The Kier molecular flexibility index (Phi) is 3.59. The smallest absolute Gasteiger partial charge is 0.224 e. The van der Waals surface area contributed by atoms with E-state index in [-0.39, 0.29) is 16.2 Å². The van der Waals surface area contributed by atoms with Gasteiger partial charge in [-0.15, -0.1) is 0 Å². The monoisotopic (exact) mass is 270 g/mol. The molecule has 0 saturated heterocycles. The fourth-order valence-electron chi connectivity index (χ4n) is 1.19. The lowest BCUT2D eigenvalue weighted by Crippen LogP contribution is -2.10. The highest BCUT2D eigenvalue weighted by molar-refractivity contribution is 7.90. The van der Waals surface area contributed by atoms with Crippen LogP contribution in [0.5, 0.6) is 0 Å². The van der Waals surface area contributed by atoms with Crippen LogP contribution in [0.4, 0.5) is 13.2 Å². The number of benzene rings is 1. The fourth-order valence-corrected chi connectivity index (χ4v) is 2.11. The average molecular weight is 270 g/mol. The van der Waals surface area contributed by atoms with E-state index in [4.69, 9.17) is 0 Å². The minimum Gasteiger partial charge on any atom is -0.224 e. The van der Waals surface area contributed by atoms with Gasteiger partial charge in [0.15, 0.2) is 9.84 Å². The summed E-state index contributed by atoms with van der Waals surface area (Å²) in [5.74, 6) is -0.0983. The second-order valence-corrected chi connectivity index (χ2v) is 5.58. The van der Waals surface area contributed by atoms with Crippen LogP contribution < -0.4 is 0 Å². The molecule has 7 heteroatoms. The first kappa shape index (κ1) is 13.4. The van der Waals surface area contributed by atoms with Crippen LogP contribution in [-0.2, 0) is 21.8 Å². The Labute approximate surface area is 96.8 Å². The summed E-state index contributed by atoms with van der Waals surface area (Å²) in [4.78, 5) is -0.342. The molecule has 0 radical (unpaired) electrons. The van der Waals surface area contributed by atoms with Crippen molar-refractivity contribution in [3.05, 3.63) is 29.3 Å². The molecule has 1 rings (SSSR count). The van der Waals surface area contributed by atoms with Crippen molar-refractivity contribution in [3.8, 4) is 0 Å². The maximum Gasteiger partial charge on any atom is 0.416 e. The number of thiol groups is 1. The predicted molar refractivity (Wildman–Crippen MR) is 57.2 cm³/mol. The van der Waals surface area contributed by atoms with Crippen LogP contribution >= 0.6 is 12.6 Å². The van der Waals surface area contributed by atoms with Crippen LogP contribution in [0.3, 0.4) is 0 Å². The molecule has 0 N–H and O–H groups in total. The number of sulfone groups is 1. The van der Waals surface area contributed by atoms with Gasteiger partial charge in [-0.05, 0) is 17.7 Å². The zero-order chi connectivity index (χ0) is 12.6. The number of halogens is 3. The molecule has 0 spiro atoms. The van der Waals surface area contributed by atoms with E-state index < -0.39 is 21.6 Å². The van der Waals surface area contributed by atoms with Gasteiger partial charge in [-0.25, -0.2) is 8.42 Å². The molecule has 16 heavy (non-hydrogen) atoms. The van der Waals surface area contributed by atoms with Crippen molar-refractivity contribution in [2.75, 3.05) is 6.26 Å². The lowest BCUT2D eigenvalue weighted by Gasteiger charge is -2.12. The normalized spacial score (nSPS) is 12.8. The van der Waals surface area contributed by atoms with E-state index in [1.807, 2.05) is 0 Å². The summed E-state index contributed by atoms with van der Waals surface area (Å²) < 4.78 is 60.0. The third-order valence-electron chi connectivity index (χ3n) is 1.99. The van der Waals surface area contributed by atoms with Crippen LogP contribution in [0.15, 0.2) is 23.1 Å². The molecule has 0 aliphatic carbocycles. The molecule has 0 aromatic heterocycles. The Bertz CT molecular complexity index is 492. The molecule has 0 unspecified atom stereocenters. The molecule has 90 valence electrons. The van der Waals surface area contributed by atoms with E-state index >= 15 is 0 Å². The lowest BCUT2D eigenvalue weighted by molar-refractivity contribution is -0.138. The zero-order valence-electron chi connectivity index (χ0n) is 8.25. The zero-order valence-corrected chi connectivity index (χ0v) is 9.96. The van der Waals surface area contributed by atoms with E-state index in [1.165, 1.54) is 0 Å². The summed E-state index contributed by atoms with van der Waals surface area (Å²) in [6.07, 6.45) is -3.71. The van der Waals surface area contributed by atoms with E-state index in [0.717, 1.165) is 18.4 Å². The van der Waals surface area contributed by atoms with E-state index in [2.05, 4.69) is 12.6 Å². The Hall–Kier alpha value is -0.690. The first-order chi connectivity index (χ1) is 7.16. The second-order valence-electron chi connectivity index (χ2n) is 3.25. The summed E-state index contributed by atoms with van der Waals surface area (Å²) in [6, 6.07) is 2.92. The van der Waals surface area contributed by atoms with Crippen molar-refractivity contribution < 1.29 is 21.6 Å². The highest BCUT2D eigenvalue weighted by atomic mass is 32.2. The summed E-state index contributed by atoms with van der Waals surface area (Å²) in [6.45, 7) is 0. The molecule has 0 amide bonds. The largest absolute Gasteiger partial charge is 0.416 e. The summed E-state index contributed by atoms with van der Waals surface area (Å²) >= 11 is 3.77. The molecule has 0 saturated carbocycles. The number of hydrogen-bond donors (Lipinski definition) is 1. The topological polar surface area (TPSA) is 34.1 Å². The van der Waals surface area contributed by atoms with Crippen LogP contribution in [0.2, 0.25) is 0 Å². The Morgan fingerprint density at radius 3 is 2.25 bits per heavy atom. The van der Waals surface area contributed by atoms with Crippen molar-refractivity contribution in [2.24, 2.45) is 0 Å². The highest BCUT2D eigenvalue weighted by Crippen LogP contribution is 2.34. The first-order valence-corrected chi connectivity index (χ1v) is 6.69. The predicted octanol–water partition coefficient (Wildman–Crippen LogP) is 2.54. The van der Waals surface area contributed by atoms with Gasteiger partial charge in [0.1, 0.15) is 0 Å². The Balaban J connectivity index is 3.45. The van der Waals surface area contributed by atoms with Gasteiger partial charge < -0.3 is 0 Å². The maximum absolute atomic E-state index is 12.6. The summed E-state index contributed by atoms with van der Waals surface area (Å²) in [7, 11) is -3.64. The molecule has 0 fully saturated rings. The number of alkyl halides is 3. The van der Waals surface area contributed by atoms with Crippen LogP contribution in [-0.4, -0.2) is 14.7 Å². The molecule has 1 aromatic carbocycles. The second kappa shape index (κ2) is 4.29. The maximum atomic E-state index is 12.6. The molecule has 0 aliphatic heterocycles. The molecule has 2 nitrogen and oxygen atoms in total. The quantitative estimate of drug-likeness (QED) is 0.838. The van der Waals surface area contributed by atoms with Crippen molar-refractivity contribution in [1.29, 1.82) is 0 Å². The standard InChI is InChI=1S/C9H9F3O2S2/c1-16(13,14)7-3-2-6(5-15)8(4-7)9(10,11)12/h2-4,15H,5H2,1H3. The van der Waals surface area contributed by atoms with Crippen LogP contribution in [0, 0.1) is 0 Å². The minimum absolute atomic E-state index is 0.0387. The third-order valence-corrected chi connectivity index (χ3v) is 3.44. The molecule has 1 aromatic rings. The number of rotatable bonds is 2. The van der Waals surface area contributed by atoms with E-state index in [0.29, 0.717) is 6.07 Å². The van der Waals surface area contributed by atoms with Gasteiger partial charge in [0.25, 0.3) is 0 Å². The minimum atomic E-state index is -4.57. The molecule has 0 atom stereocenters. The molecule has 0 aliphatic rings. The fraction of sp³-hybridized carbons (Fsp3) is 0.333. The molecular weight excluding hydrogens is 261 g/mol. The molecule has 0 heterocycles. The van der Waals surface area contributed by atoms with Crippen LogP contribution in [0.1, 0.15) is 11.1 Å². The van der Waals surface area contributed by atoms with Crippen molar-refractivity contribution >= 4 is 22.5 Å². The van der Waals surface area contributed by atoms with Gasteiger partial charge in [-0.3, -0.25) is 0 Å². The Morgan fingerprint density at radius 2 is 1.88 bits per heavy atom. The lowest BCUT2D eigenvalue weighted by atomic mass is 10.1. The highest BCUT2D eigenvalue weighted by Gasteiger charge is 2.33. The van der Waals surface area contributed by atoms with Gasteiger partial charge in [-0.2, -0.15) is 25.8 Å². The van der Waals surface area contributed by atoms with Gasteiger partial charge in [0, 0.05) is 12.0 Å². The van der Waals surface area contributed by atoms with Gasteiger partial charge in [0.2, 0.25) is 0 Å². The van der Waals surface area contributed by atoms with Crippen molar-refractivity contribution in [3.63, 3.8) is 0 Å². The summed E-state index contributed by atoms with van der Waals surface area (Å²) in [5, 5.41) is 0. The van der Waals surface area contributed by atoms with E-state index in [9.17, 15) is 21.6 Å². The van der Waals surface area contributed by atoms with Gasteiger partial charge in [0.05, 0.1) is 10.5 Å². The molecule has 0 bridgehead atoms. The third kappa shape index (κ3) is 2.91. The Morgan fingerprint density at radius 1 is 1.31 bits per heavy atom.